The number of aryl methyl sites for hydroxylation is 1. The molecule has 0 unspecified atom stereocenters. The lowest BCUT2D eigenvalue weighted by atomic mass is 10.0. The van der Waals surface area contributed by atoms with Crippen molar-refractivity contribution in [2.45, 2.75) is 26.0 Å². The Bertz CT molecular complexity index is 1570. The molecule has 0 atom stereocenters. The number of oxazole rings is 1. The maximum Gasteiger partial charge on any atom is 0.419 e. The van der Waals surface area contributed by atoms with E-state index in [1.165, 1.54) is 10.6 Å². The zero-order valence-corrected chi connectivity index (χ0v) is 17.1. The molecule has 0 fully saturated rings. The lowest BCUT2D eigenvalue weighted by Gasteiger charge is -2.10. The molecule has 2 heterocycles. The second kappa shape index (κ2) is 8.19. The average molecular weight is 429 g/mol. The molecule has 0 saturated heterocycles. The molecule has 7 heteroatoms. The van der Waals surface area contributed by atoms with E-state index < -0.39 is 17.4 Å². The van der Waals surface area contributed by atoms with Crippen LogP contribution in [-0.2, 0) is 22.7 Å². The van der Waals surface area contributed by atoms with E-state index in [2.05, 4.69) is 0 Å². The minimum atomic E-state index is -0.495. The summed E-state index contributed by atoms with van der Waals surface area (Å²) in [6, 6.07) is 19.9. The number of fused-ring (bicyclic) bond motifs is 4. The molecule has 32 heavy (non-hydrogen) atoms. The normalized spacial score (nSPS) is 11.4. The molecule has 5 rings (SSSR count). The topological polar surface area (TPSA) is 91.6 Å². The van der Waals surface area contributed by atoms with Crippen LogP contribution in [0.15, 0.2) is 85.2 Å². The van der Waals surface area contributed by atoms with Crippen molar-refractivity contribution in [1.29, 1.82) is 0 Å². The van der Waals surface area contributed by atoms with E-state index in [1.807, 2.05) is 36.4 Å². The summed E-state index contributed by atoms with van der Waals surface area (Å²) >= 11 is 0. The summed E-state index contributed by atoms with van der Waals surface area (Å²) in [5, 5.41) is 2.68. The Kier molecular flexibility index (Phi) is 5.07. The highest BCUT2D eigenvalue weighted by atomic mass is 16.5. The molecule has 0 aliphatic rings. The van der Waals surface area contributed by atoms with Gasteiger partial charge in [0.05, 0.1) is 5.52 Å². The van der Waals surface area contributed by atoms with Crippen molar-refractivity contribution in [2.75, 3.05) is 0 Å². The Morgan fingerprint density at radius 2 is 1.72 bits per heavy atom. The molecule has 0 aliphatic heterocycles. The van der Waals surface area contributed by atoms with Gasteiger partial charge in [-0.3, -0.25) is 9.36 Å². The molecule has 2 aromatic heterocycles. The second-order valence-electron chi connectivity index (χ2n) is 7.50. The fourth-order valence-corrected chi connectivity index (χ4v) is 3.97. The SMILES string of the molecule is O=C(CCCn1c(=O)oc2ccccc21)OCc1cc(=O)oc2ccc3ccccc3c12. The summed E-state index contributed by atoms with van der Waals surface area (Å²) in [6.45, 7) is 0.303. The highest BCUT2D eigenvalue weighted by Gasteiger charge is 2.13. The number of esters is 1. The molecule has 0 bridgehead atoms. The molecular formula is C25H19NO6. The molecule has 0 N–H and O–H groups in total. The first-order valence-electron chi connectivity index (χ1n) is 10.3. The molecule has 3 aromatic carbocycles. The van der Waals surface area contributed by atoms with Crippen LogP contribution in [0.4, 0.5) is 0 Å². The third-order valence-corrected chi connectivity index (χ3v) is 5.44. The Balaban J connectivity index is 1.30. The highest BCUT2D eigenvalue weighted by Crippen LogP contribution is 2.27. The van der Waals surface area contributed by atoms with Gasteiger partial charge in [-0.05, 0) is 35.4 Å². The van der Waals surface area contributed by atoms with Crippen molar-refractivity contribution in [3.63, 3.8) is 0 Å². The van der Waals surface area contributed by atoms with E-state index in [4.69, 9.17) is 13.6 Å². The first-order valence-corrected chi connectivity index (χ1v) is 10.3. The summed E-state index contributed by atoms with van der Waals surface area (Å²) in [5.74, 6) is -0.860. The van der Waals surface area contributed by atoms with E-state index >= 15 is 0 Å². The highest BCUT2D eigenvalue weighted by molar-refractivity contribution is 6.07. The lowest BCUT2D eigenvalue weighted by molar-refractivity contribution is -0.145. The molecule has 0 aliphatic carbocycles. The number of para-hydroxylation sites is 2. The predicted molar refractivity (Wildman–Crippen MR) is 119 cm³/mol. The van der Waals surface area contributed by atoms with E-state index in [-0.39, 0.29) is 13.0 Å². The third-order valence-electron chi connectivity index (χ3n) is 5.44. The van der Waals surface area contributed by atoms with Gasteiger partial charge in [-0.1, -0.05) is 42.5 Å². The molecule has 0 saturated carbocycles. The van der Waals surface area contributed by atoms with Crippen LogP contribution < -0.4 is 11.4 Å². The summed E-state index contributed by atoms with van der Waals surface area (Å²) in [6.07, 6.45) is 0.551. The van der Waals surface area contributed by atoms with Crippen molar-refractivity contribution in [3.8, 4) is 0 Å². The number of carbonyl (C=O) groups is 1. The van der Waals surface area contributed by atoms with Crippen molar-refractivity contribution in [3.05, 3.63) is 93.3 Å². The standard InChI is InChI=1S/C25H19NO6/c27-22(10-5-13-26-19-8-3-4-9-20(19)32-25(26)29)30-15-17-14-23(28)31-21-12-11-16-6-1-2-7-18(16)24(17)21/h1-4,6-9,11-12,14H,5,10,13,15H2. The van der Waals surface area contributed by atoms with E-state index in [0.29, 0.717) is 35.2 Å². The van der Waals surface area contributed by atoms with Crippen LogP contribution in [0.2, 0.25) is 0 Å². The van der Waals surface area contributed by atoms with Crippen LogP contribution in [0.1, 0.15) is 18.4 Å². The predicted octanol–water partition coefficient (Wildman–Crippen LogP) is 4.38. The number of rotatable bonds is 6. The molecular weight excluding hydrogens is 410 g/mol. The zero-order chi connectivity index (χ0) is 22.1. The van der Waals surface area contributed by atoms with Gasteiger partial charge in [-0.2, -0.15) is 0 Å². The van der Waals surface area contributed by atoms with Gasteiger partial charge in [-0.15, -0.1) is 0 Å². The van der Waals surface area contributed by atoms with Gasteiger partial charge in [0.25, 0.3) is 0 Å². The number of carbonyl (C=O) groups excluding carboxylic acids is 1. The van der Waals surface area contributed by atoms with E-state index in [1.54, 1.807) is 24.3 Å². The average Bonchev–Trinajstić information content (AvgIpc) is 3.12. The molecule has 160 valence electrons. The maximum atomic E-state index is 12.3. The van der Waals surface area contributed by atoms with Crippen LogP contribution in [0.5, 0.6) is 0 Å². The second-order valence-corrected chi connectivity index (χ2v) is 7.50. The van der Waals surface area contributed by atoms with Gasteiger partial charge in [0.1, 0.15) is 12.2 Å². The van der Waals surface area contributed by atoms with Gasteiger partial charge in [0.15, 0.2) is 5.58 Å². The van der Waals surface area contributed by atoms with Crippen LogP contribution in [0.25, 0.3) is 32.8 Å². The first kappa shape index (κ1) is 19.8. The zero-order valence-electron chi connectivity index (χ0n) is 17.1. The number of hydrogen-bond donors (Lipinski definition) is 0. The van der Waals surface area contributed by atoms with Gasteiger partial charge in [0, 0.05) is 30.0 Å². The fraction of sp³-hybridized carbons (Fsp3) is 0.160. The van der Waals surface area contributed by atoms with E-state index in [0.717, 1.165) is 16.2 Å². The van der Waals surface area contributed by atoms with Crippen molar-refractivity contribution in [2.24, 2.45) is 0 Å². The third kappa shape index (κ3) is 3.69. The Morgan fingerprint density at radius 3 is 2.62 bits per heavy atom. The van der Waals surface area contributed by atoms with Crippen molar-refractivity contribution >= 4 is 38.8 Å². The van der Waals surface area contributed by atoms with Gasteiger partial charge >= 0.3 is 17.4 Å². The van der Waals surface area contributed by atoms with Crippen molar-refractivity contribution in [1.82, 2.24) is 4.57 Å². The van der Waals surface area contributed by atoms with Gasteiger partial charge in [0.2, 0.25) is 0 Å². The number of ether oxygens (including phenoxy) is 1. The van der Waals surface area contributed by atoms with Crippen molar-refractivity contribution < 1.29 is 18.4 Å². The summed E-state index contributed by atoms with van der Waals surface area (Å²) < 4.78 is 17.5. The Morgan fingerprint density at radius 1 is 0.906 bits per heavy atom. The quantitative estimate of drug-likeness (QED) is 0.226. The molecule has 0 radical (unpaired) electrons. The molecule has 0 spiro atoms. The largest absolute Gasteiger partial charge is 0.461 e. The number of benzene rings is 3. The number of hydrogen-bond acceptors (Lipinski definition) is 6. The minimum absolute atomic E-state index is 0.0382. The minimum Gasteiger partial charge on any atom is -0.461 e. The van der Waals surface area contributed by atoms with E-state index in [9.17, 15) is 14.4 Å². The fourth-order valence-electron chi connectivity index (χ4n) is 3.97. The van der Waals surface area contributed by atoms with Gasteiger partial charge < -0.3 is 13.6 Å². The molecule has 7 nitrogen and oxygen atoms in total. The van der Waals surface area contributed by atoms with Crippen LogP contribution in [-0.4, -0.2) is 10.5 Å². The maximum absolute atomic E-state index is 12.3. The lowest BCUT2D eigenvalue weighted by Crippen LogP contribution is -2.15. The first-order chi connectivity index (χ1) is 15.6. The Labute approximate surface area is 181 Å². The smallest absolute Gasteiger partial charge is 0.419 e. The summed E-state index contributed by atoms with van der Waals surface area (Å²) in [7, 11) is 0. The monoisotopic (exact) mass is 429 g/mol. The van der Waals surface area contributed by atoms with Gasteiger partial charge in [-0.25, -0.2) is 9.59 Å². The van der Waals surface area contributed by atoms with Crippen LogP contribution in [0, 0.1) is 0 Å². The molecule has 0 amide bonds. The number of nitrogens with zero attached hydrogens (tertiary/aromatic N) is 1. The summed E-state index contributed by atoms with van der Waals surface area (Å²) in [4.78, 5) is 36.4. The molecule has 5 aromatic rings. The van der Waals surface area contributed by atoms with Crippen LogP contribution in [0.3, 0.4) is 0 Å². The Hall–Kier alpha value is -4.13. The summed E-state index contributed by atoms with van der Waals surface area (Å²) in [5.41, 5.74) is 1.76. The van der Waals surface area contributed by atoms with Crippen LogP contribution >= 0.6 is 0 Å². The number of aromatic nitrogens is 1.